The van der Waals surface area contributed by atoms with Crippen LogP contribution in [0.4, 0.5) is 0 Å². The van der Waals surface area contributed by atoms with Crippen LogP contribution in [0.15, 0.2) is 29.1 Å². The molecule has 0 amide bonds. The first-order valence-corrected chi connectivity index (χ1v) is 9.68. The Kier molecular flexibility index (Phi) is 4.60. The van der Waals surface area contributed by atoms with E-state index in [2.05, 4.69) is 16.8 Å². The average Bonchev–Trinajstić information content (AvgIpc) is 3.02. The number of hydrogen-bond acceptors (Lipinski definition) is 6. The minimum Gasteiger partial charge on any atom is -0.486 e. The van der Waals surface area contributed by atoms with Gasteiger partial charge in [-0.05, 0) is 42.8 Å². The van der Waals surface area contributed by atoms with Crippen molar-refractivity contribution in [2.45, 2.75) is 26.5 Å². The molecule has 0 atom stereocenters. The Hall–Kier alpha value is -2.09. The molecule has 0 saturated heterocycles. The summed E-state index contributed by atoms with van der Waals surface area (Å²) in [7, 11) is 0. The van der Waals surface area contributed by atoms with Crippen molar-refractivity contribution in [2.75, 3.05) is 18.9 Å². The zero-order valence-corrected chi connectivity index (χ0v) is 15.9. The number of nitrogen functional groups attached to an aromatic ring is 1. The third kappa shape index (κ3) is 3.06. The summed E-state index contributed by atoms with van der Waals surface area (Å²) in [6.07, 6.45) is 0.862. The number of benzene rings is 1. The summed E-state index contributed by atoms with van der Waals surface area (Å²) in [4.78, 5) is 21.7. The molecule has 0 saturated carbocycles. The number of rotatable bonds is 4. The zero-order valence-electron chi connectivity index (χ0n) is 14.4. The minimum atomic E-state index is -0.202. The predicted molar refractivity (Wildman–Crippen MR) is 104 cm³/mol. The lowest BCUT2D eigenvalue weighted by Gasteiger charge is -2.24. The Morgan fingerprint density at radius 3 is 2.85 bits per heavy atom. The number of nitrogens with two attached hydrogens (primary N) is 1. The normalized spacial score (nSPS) is 14.5. The fraction of sp³-hybridized carbons (Fsp3) is 0.333. The molecule has 6 nitrogen and oxygen atoms in total. The summed E-state index contributed by atoms with van der Waals surface area (Å²) >= 11 is 7.46. The molecule has 1 aromatic carbocycles. The van der Waals surface area contributed by atoms with Gasteiger partial charge in [-0.3, -0.25) is 9.69 Å². The molecular weight excluding hydrogens is 372 g/mol. The summed E-state index contributed by atoms with van der Waals surface area (Å²) in [6.45, 7) is 5.10. The lowest BCUT2D eigenvalue weighted by Crippen LogP contribution is -2.33. The van der Waals surface area contributed by atoms with Crippen LogP contribution in [-0.4, -0.2) is 27.6 Å². The van der Waals surface area contributed by atoms with Crippen LogP contribution in [-0.2, 0) is 19.6 Å². The SMILES string of the molecule is CCN1CCc2c(sc3nc(COc4ccc(Cl)cc4)n(N)c(=O)c23)C1. The Labute approximate surface area is 159 Å². The van der Waals surface area contributed by atoms with Gasteiger partial charge in [-0.15, -0.1) is 11.3 Å². The second-order valence-electron chi connectivity index (χ2n) is 6.25. The van der Waals surface area contributed by atoms with Gasteiger partial charge < -0.3 is 10.6 Å². The summed E-state index contributed by atoms with van der Waals surface area (Å²) in [6, 6.07) is 7.03. The van der Waals surface area contributed by atoms with E-state index in [4.69, 9.17) is 22.2 Å². The smallest absolute Gasteiger partial charge is 0.281 e. The van der Waals surface area contributed by atoms with Crippen LogP contribution in [0.1, 0.15) is 23.2 Å². The van der Waals surface area contributed by atoms with Gasteiger partial charge in [0.2, 0.25) is 0 Å². The van der Waals surface area contributed by atoms with Crippen molar-refractivity contribution in [2.24, 2.45) is 0 Å². The van der Waals surface area contributed by atoms with Gasteiger partial charge in [0.25, 0.3) is 5.56 Å². The van der Waals surface area contributed by atoms with Gasteiger partial charge in [0.05, 0.1) is 5.39 Å². The molecule has 0 radical (unpaired) electrons. The van der Waals surface area contributed by atoms with Crippen LogP contribution in [0.25, 0.3) is 10.2 Å². The van der Waals surface area contributed by atoms with Gasteiger partial charge in [0.15, 0.2) is 5.82 Å². The number of hydrogen-bond donors (Lipinski definition) is 1. The molecule has 136 valence electrons. The molecular formula is C18H19ClN4O2S. The molecule has 0 bridgehead atoms. The number of halogens is 1. The Balaban J connectivity index is 1.67. The Morgan fingerprint density at radius 1 is 1.35 bits per heavy atom. The highest BCUT2D eigenvalue weighted by molar-refractivity contribution is 7.18. The van der Waals surface area contributed by atoms with Gasteiger partial charge in [0.1, 0.15) is 17.2 Å². The van der Waals surface area contributed by atoms with Gasteiger partial charge in [0, 0.05) is 23.0 Å². The Bertz CT molecular complexity index is 1010. The van der Waals surface area contributed by atoms with E-state index in [-0.39, 0.29) is 12.2 Å². The van der Waals surface area contributed by atoms with Crippen molar-refractivity contribution in [1.82, 2.24) is 14.6 Å². The molecule has 8 heteroatoms. The van der Waals surface area contributed by atoms with E-state index in [0.29, 0.717) is 22.0 Å². The summed E-state index contributed by atoms with van der Waals surface area (Å²) in [5.41, 5.74) is 0.906. The van der Waals surface area contributed by atoms with Gasteiger partial charge >= 0.3 is 0 Å². The monoisotopic (exact) mass is 390 g/mol. The molecule has 4 rings (SSSR count). The molecule has 1 aliphatic rings. The molecule has 0 spiro atoms. The molecule has 0 unspecified atom stereocenters. The van der Waals surface area contributed by atoms with Gasteiger partial charge in [-0.2, -0.15) is 0 Å². The highest BCUT2D eigenvalue weighted by atomic mass is 35.5. The van der Waals surface area contributed by atoms with Gasteiger partial charge in [-0.25, -0.2) is 9.66 Å². The van der Waals surface area contributed by atoms with Gasteiger partial charge in [-0.1, -0.05) is 18.5 Å². The van der Waals surface area contributed by atoms with Crippen LogP contribution in [0.3, 0.4) is 0 Å². The van der Waals surface area contributed by atoms with Crippen molar-refractivity contribution in [3.05, 3.63) is 55.9 Å². The van der Waals surface area contributed by atoms with Crippen LogP contribution >= 0.6 is 22.9 Å². The molecule has 0 aliphatic carbocycles. The molecule has 2 aromatic heterocycles. The van der Waals surface area contributed by atoms with E-state index in [0.717, 1.165) is 41.1 Å². The maximum absolute atomic E-state index is 12.8. The Morgan fingerprint density at radius 2 is 2.12 bits per heavy atom. The van der Waals surface area contributed by atoms with Crippen LogP contribution in [0.2, 0.25) is 5.02 Å². The van der Waals surface area contributed by atoms with E-state index in [1.54, 1.807) is 35.6 Å². The van der Waals surface area contributed by atoms with E-state index in [1.807, 2.05) is 0 Å². The second-order valence-corrected chi connectivity index (χ2v) is 7.77. The van der Waals surface area contributed by atoms with Crippen molar-refractivity contribution < 1.29 is 4.74 Å². The first kappa shape index (κ1) is 17.3. The zero-order chi connectivity index (χ0) is 18.3. The van der Waals surface area contributed by atoms with Crippen molar-refractivity contribution in [3.63, 3.8) is 0 Å². The molecule has 1 aliphatic heterocycles. The summed E-state index contributed by atoms with van der Waals surface area (Å²) < 4.78 is 6.81. The highest BCUT2D eigenvalue weighted by Crippen LogP contribution is 2.32. The fourth-order valence-electron chi connectivity index (χ4n) is 3.20. The number of aromatic nitrogens is 2. The molecule has 2 N–H and O–H groups in total. The number of likely N-dealkylation sites (N-methyl/N-ethyl adjacent to an activating group) is 1. The fourth-order valence-corrected chi connectivity index (χ4v) is 4.60. The summed E-state index contributed by atoms with van der Waals surface area (Å²) in [5.74, 6) is 7.07. The minimum absolute atomic E-state index is 0.118. The predicted octanol–water partition coefficient (Wildman–Crippen LogP) is 2.78. The number of nitrogens with zero attached hydrogens (tertiary/aromatic N) is 3. The maximum atomic E-state index is 12.8. The number of ether oxygens (including phenoxy) is 1. The first-order chi connectivity index (χ1) is 12.6. The maximum Gasteiger partial charge on any atom is 0.281 e. The molecule has 26 heavy (non-hydrogen) atoms. The molecule has 3 aromatic rings. The average molecular weight is 391 g/mol. The lowest BCUT2D eigenvalue weighted by molar-refractivity contribution is 0.272. The van der Waals surface area contributed by atoms with E-state index >= 15 is 0 Å². The van der Waals surface area contributed by atoms with Crippen LogP contribution in [0, 0.1) is 0 Å². The number of fused-ring (bicyclic) bond motifs is 3. The lowest BCUT2D eigenvalue weighted by atomic mass is 10.1. The first-order valence-electron chi connectivity index (χ1n) is 8.48. The number of thiophene rings is 1. The standard InChI is InChI=1S/C18H19ClN4O2S/c1-2-22-8-7-13-14(9-22)26-17-16(13)18(24)23(20)15(21-17)10-25-12-5-3-11(19)4-6-12/h3-6H,2,7-10,20H2,1H3. The quantitative estimate of drug-likeness (QED) is 0.693. The van der Waals surface area contributed by atoms with Crippen LogP contribution < -0.4 is 16.1 Å². The molecule has 0 fully saturated rings. The van der Waals surface area contributed by atoms with Crippen molar-refractivity contribution in [1.29, 1.82) is 0 Å². The van der Waals surface area contributed by atoms with E-state index < -0.39 is 0 Å². The summed E-state index contributed by atoms with van der Waals surface area (Å²) in [5, 5.41) is 1.30. The van der Waals surface area contributed by atoms with Crippen molar-refractivity contribution >= 4 is 33.2 Å². The van der Waals surface area contributed by atoms with E-state index in [1.165, 1.54) is 4.88 Å². The largest absolute Gasteiger partial charge is 0.486 e. The third-order valence-corrected chi connectivity index (χ3v) is 6.05. The topological polar surface area (TPSA) is 73.4 Å². The van der Waals surface area contributed by atoms with Crippen molar-refractivity contribution in [3.8, 4) is 5.75 Å². The highest BCUT2D eigenvalue weighted by Gasteiger charge is 2.24. The molecule has 3 heterocycles. The third-order valence-electron chi connectivity index (χ3n) is 4.69. The second kappa shape index (κ2) is 6.90. The van der Waals surface area contributed by atoms with E-state index in [9.17, 15) is 4.79 Å². The van der Waals surface area contributed by atoms with Crippen LogP contribution in [0.5, 0.6) is 5.75 Å².